The number of unbranched alkanes of at least 4 members (excludes halogenated alkanes) is 16. The van der Waals surface area contributed by atoms with Crippen LogP contribution in [0.2, 0.25) is 0 Å². The van der Waals surface area contributed by atoms with Gasteiger partial charge >= 0.3 is 17.9 Å². The fourth-order valence-corrected chi connectivity index (χ4v) is 6.94. The van der Waals surface area contributed by atoms with E-state index < -0.39 is 40.9 Å². The molecule has 0 fully saturated rings. The van der Waals surface area contributed by atoms with Gasteiger partial charge in [-0.25, -0.2) is 4.79 Å². The number of carboxylic acid groups (broad SMARTS) is 3. The summed E-state index contributed by atoms with van der Waals surface area (Å²) >= 11 is 0. The molecule has 4 N–H and O–H groups in total. The number of carbonyl (C=O) groups is 3. The van der Waals surface area contributed by atoms with Crippen LogP contribution in [0.4, 0.5) is 0 Å². The van der Waals surface area contributed by atoms with Crippen molar-refractivity contribution in [2.24, 2.45) is 11.3 Å². The molecule has 0 spiro atoms. The molecular weight excluding hydrogens is 596 g/mol. The van der Waals surface area contributed by atoms with Gasteiger partial charge in [-0.05, 0) is 37.8 Å². The van der Waals surface area contributed by atoms with Gasteiger partial charge < -0.3 is 25.2 Å². The van der Waals surface area contributed by atoms with Crippen LogP contribution in [-0.2, 0) is 14.4 Å². The minimum absolute atomic E-state index is 0.0992. The van der Waals surface area contributed by atoms with Gasteiger partial charge in [0.25, 0.3) is 0 Å². The van der Waals surface area contributed by atoms with Gasteiger partial charge in [-0.3, -0.25) is 9.59 Å². The Kier molecular flexibility index (Phi) is 22.1. The fourth-order valence-electron chi connectivity index (χ4n) is 6.94. The molecule has 0 amide bonds. The van der Waals surface area contributed by atoms with Crippen molar-refractivity contribution in [3.63, 3.8) is 0 Å². The first-order valence-electron chi connectivity index (χ1n) is 18.7. The topological polar surface area (TPSA) is 141 Å². The minimum atomic E-state index is -3.03. The van der Waals surface area contributed by atoms with Crippen molar-refractivity contribution in [3.8, 4) is 5.75 Å². The van der Waals surface area contributed by atoms with Crippen molar-refractivity contribution in [1.82, 2.24) is 0 Å². The Balaban J connectivity index is 3.43. The van der Waals surface area contributed by atoms with Crippen LogP contribution in [-0.4, -0.2) is 50.0 Å². The van der Waals surface area contributed by atoms with Crippen LogP contribution in [0, 0.1) is 11.3 Å². The van der Waals surface area contributed by atoms with Crippen LogP contribution in [0.25, 0.3) is 0 Å². The Hall–Kier alpha value is -2.61. The number of aliphatic carboxylic acids is 3. The van der Waals surface area contributed by atoms with Crippen LogP contribution in [0.5, 0.6) is 5.75 Å². The molecule has 0 saturated heterocycles. The third-order valence-electron chi connectivity index (χ3n) is 9.86. The van der Waals surface area contributed by atoms with E-state index in [-0.39, 0.29) is 19.3 Å². The van der Waals surface area contributed by atoms with Crippen molar-refractivity contribution >= 4 is 17.9 Å². The standard InChI is InChI=1S/C39H66O8/c1-4-7-10-13-16-17-21-28-33(47-32-26-22-20-23-27-32)31-34(35(40)41)39(46,37(44)45)38(36(42)43,29-24-18-14-11-8-5-2)30-25-19-15-12-9-6-3/h20,22-23,26-27,33-34,46H,4-19,21,24-25,28-31H2,1-3H3,(H,40,41)(H,42,43)(H,44,45). The highest BCUT2D eigenvalue weighted by molar-refractivity contribution is 5.93. The second-order valence-corrected chi connectivity index (χ2v) is 13.6. The lowest BCUT2D eigenvalue weighted by atomic mass is 9.59. The van der Waals surface area contributed by atoms with Gasteiger partial charge in [0.1, 0.15) is 17.1 Å². The summed E-state index contributed by atoms with van der Waals surface area (Å²) in [6.45, 7) is 6.39. The van der Waals surface area contributed by atoms with Gasteiger partial charge in [0.2, 0.25) is 0 Å². The first kappa shape index (κ1) is 42.4. The Morgan fingerprint density at radius 2 is 1.04 bits per heavy atom. The van der Waals surface area contributed by atoms with Crippen LogP contribution in [0.1, 0.15) is 168 Å². The molecule has 0 bridgehead atoms. The predicted molar refractivity (Wildman–Crippen MR) is 188 cm³/mol. The Morgan fingerprint density at radius 3 is 1.45 bits per heavy atom. The molecule has 1 aromatic carbocycles. The molecule has 0 aliphatic heterocycles. The molecular formula is C39H66O8. The van der Waals surface area contributed by atoms with Gasteiger partial charge in [-0.1, -0.05) is 155 Å². The van der Waals surface area contributed by atoms with E-state index in [4.69, 9.17) is 4.74 Å². The molecule has 8 heteroatoms. The minimum Gasteiger partial charge on any atom is -0.490 e. The predicted octanol–water partition coefficient (Wildman–Crippen LogP) is 10.1. The largest absolute Gasteiger partial charge is 0.490 e. The molecule has 3 atom stereocenters. The number of para-hydroxylation sites is 1. The number of rotatable bonds is 31. The van der Waals surface area contributed by atoms with Crippen LogP contribution < -0.4 is 4.74 Å². The zero-order valence-electron chi connectivity index (χ0n) is 29.7. The summed E-state index contributed by atoms with van der Waals surface area (Å²) in [5.74, 6) is -6.11. The molecule has 0 aliphatic rings. The SMILES string of the molecule is CCCCCCCCCC(CC(C(=O)O)C(O)(C(=O)O)C(CCCCCCCC)(CCCCCCCC)C(=O)O)Oc1ccccc1. The van der Waals surface area contributed by atoms with Crippen molar-refractivity contribution in [2.75, 3.05) is 0 Å². The Bertz CT molecular complexity index is 964. The summed E-state index contributed by atoms with van der Waals surface area (Å²) in [5, 5.41) is 44.3. The average molecular weight is 663 g/mol. The fraction of sp³-hybridized carbons (Fsp3) is 0.769. The molecule has 270 valence electrons. The molecule has 0 aliphatic carbocycles. The van der Waals surface area contributed by atoms with Crippen LogP contribution in [0.15, 0.2) is 30.3 Å². The van der Waals surface area contributed by atoms with Crippen LogP contribution in [0.3, 0.4) is 0 Å². The second-order valence-electron chi connectivity index (χ2n) is 13.6. The Labute approximate surface area is 284 Å². The summed E-state index contributed by atoms with van der Waals surface area (Å²) in [6, 6.07) is 8.97. The smallest absolute Gasteiger partial charge is 0.337 e. The lowest BCUT2D eigenvalue weighted by Gasteiger charge is -2.45. The summed E-state index contributed by atoms with van der Waals surface area (Å²) in [4.78, 5) is 39.5. The molecule has 0 saturated carbocycles. The quantitative estimate of drug-likeness (QED) is 0.0576. The first-order chi connectivity index (χ1) is 22.6. The van der Waals surface area contributed by atoms with Gasteiger partial charge in [0, 0.05) is 6.42 Å². The molecule has 0 aromatic heterocycles. The third kappa shape index (κ3) is 14.6. The number of hydrogen-bond donors (Lipinski definition) is 4. The number of benzene rings is 1. The van der Waals surface area contributed by atoms with E-state index in [0.29, 0.717) is 37.9 Å². The molecule has 1 aromatic rings. The van der Waals surface area contributed by atoms with Gasteiger partial charge in [0.05, 0.1) is 6.10 Å². The van der Waals surface area contributed by atoms with Gasteiger partial charge in [-0.2, -0.15) is 0 Å². The van der Waals surface area contributed by atoms with Crippen molar-refractivity contribution in [3.05, 3.63) is 30.3 Å². The first-order valence-corrected chi connectivity index (χ1v) is 18.7. The molecule has 0 radical (unpaired) electrons. The summed E-state index contributed by atoms with van der Waals surface area (Å²) in [7, 11) is 0. The molecule has 8 nitrogen and oxygen atoms in total. The lowest BCUT2D eigenvalue weighted by molar-refractivity contribution is -0.209. The van der Waals surface area contributed by atoms with Crippen LogP contribution >= 0.6 is 0 Å². The van der Waals surface area contributed by atoms with E-state index in [2.05, 4.69) is 20.8 Å². The van der Waals surface area contributed by atoms with Crippen molar-refractivity contribution in [1.29, 1.82) is 0 Å². The molecule has 1 rings (SSSR count). The summed E-state index contributed by atoms with van der Waals surface area (Å²) in [5.41, 5.74) is -5.19. The van der Waals surface area contributed by atoms with E-state index in [0.717, 1.165) is 83.5 Å². The number of ether oxygens (including phenoxy) is 1. The maximum absolute atomic E-state index is 13.3. The van der Waals surface area contributed by atoms with E-state index in [1.807, 2.05) is 6.07 Å². The van der Waals surface area contributed by atoms with E-state index in [9.17, 15) is 34.8 Å². The number of carboxylic acids is 3. The van der Waals surface area contributed by atoms with Gasteiger partial charge in [-0.15, -0.1) is 0 Å². The monoisotopic (exact) mass is 662 g/mol. The zero-order chi connectivity index (χ0) is 35.0. The highest BCUT2D eigenvalue weighted by Gasteiger charge is 2.66. The van der Waals surface area contributed by atoms with E-state index >= 15 is 0 Å². The van der Waals surface area contributed by atoms with Gasteiger partial charge in [0.15, 0.2) is 5.60 Å². The third-order valence-corrected chi connectivity index (χ3v) is 9.86. The number of aliphatic hydroxyl groups is 1. The normalized spacial score (nSPS) is 14.3. The summed E-state index contributed by atoms with van der Waals surface area (Å²) < 4.78 is 6.25. The summed E-state index contributed by atoms with van der Waals surface area (Å²) in [6.07, 6.45) is 16.7. The Morgan fingerprint density at radius 1 is 0.617 bits per heavy atom. The lowest BCUT2D eigenvalue weighted by Crippen LogP contribution is -2.64. The van der Waals surface area contributed by atoms with Crippen molar-refractivity contribution in [2.45, 2.75) is 180 Å². The molecule has 47 heavy (non-hydrogen) atoms. The van der Waals surface area contributed by atoms with Crippen molar-refractivity contribution < 1.29 is 39.5 Å². The highest BCUT2D eigenvalue weighted by Crippen LogP contribution is 2.48. The molecule has 0 heterocycles. The second kappa shape index (κ2) is 24.5. The highest BCUT2D eigenvalue weighted by atomic mass is 16.5. The maximum atomic E-state index is 13.3. The van der Waals surface area contributed by atoms with E-state index in [1.165, 1.54) is 12.8 Å². The number of hydrogen-bond acceptors (Lipinski definition) is 5. The zero-order valence-corrected chi connectivity index (χ0v) is 29.7. The van der Waals surface area contributed by atoms with E-state index in [1.54, 1.807) is 24.3 Å². The maximum Gasteiger partial charge on any atom is 0.337 e. The molecule has 3 unspecified atom stereocenters. The average Bonchev–Trinajstić information content (AvgIpc) is 3.04.